The van der Waals surface area contributed by atoms with Gasteiger partial charge in [-0.15, -0.1) is 0 Å². The van der Waals surface area contributed by atoms with Crippen molar-refractivity contribution in [2.45, 2.75) is 103 Å². The Morgan fingerprint density at radius 1 is 0.667 bits per heavy atom. The average Bonchev–Trinajstić information content (AvgIpc) is 2.87. The number of benzene rings is 2. The zero-order chi connectivity index (χ0) is 23.1. The molecule has 1 aliphatic carbocycles. The van der Waals surface area contributed by atoms with E-state index in [2.05, 4.69) is 62.1 Å². The SMILES string of the molecule is CCCCCCCC1CCC(c2ccc(C#Cc3ccc(OCCCCC)cc3)cc2)CC1. The standard InChI is InChI=1S/C32H44O/c1-3-5-7-8-9-11-27-14-20-30(21-15-27)31-22-16-28(17-23-31)12-13-29-18-24-32(25-19-29)33-26-10-6-4-2/h16-19,22-25,27,30H,3-11,14-15,20-21,26H2,1-2H3. The molecule has 0 saturated heterocycles. The van der Waals surface area contributed by atoms with Crippen LogP contribution in [-0.2, 0) is 0 Å². The third-order valence-corrected chi connectivity index (χ3v) is 7.17. The van der Waals surface area contributed by atoms with Crippen molar-refractivity contribution < 1.29 is 4.74 Å². The summed E-state index contributed by atoms with van der Waals surface area (Å²) < 4.78 is 5.79. The summed E-state index contributed by atoms with van der Waals surface area (Å²) in [4.78, 5) is 0. The lowest BCUT2D eigenvalue weighted by molar-refractivity contribution is 0.302. The Morgan fingerprint density at radius 3 is 1.88 bits per heavy atom. The van der Waals surface area contributed by atoms with E-state index in [-0.39, 0.29) is 0 Å². The Hall–Kier alpha value is -2.20. The van der Waals surface area contributed by atoms with Crippen LogP contribution in [0, 0.1) is 17.8 Å². The molecule has 178 valence electrons. The average molecular weight is 445 g/mol. The van der Waals surface area contributed by atoms with E-state index < -0.39 is 0 Å². The fraction of sp³-hybridized carbons (Fsp3) is 0.562. The number of rotatable bonds is 12. The van der Waals surface area contributed by atoms with Crippen molar-refractivity contribution in [3.63, 3.8) is 0 Å². The van der Waals surface area contributed by atoms with Crippen molar-refractivity contribution in [3.05, 3.63) is 65.2 Å². The highest BCUT2D eigenvalue weighted by Gasteiger charge is 2.21. The van der Waals surface area contributed by atoms with Gasteiger partial charge in [0.1, 0.15) is 5.75 Å². The largest absolute Gasteiger partial charge is 0.494 e. The molecule has 1 heteroatoms. The van der Waals surface area contributed by atoms with Gasteiger partial charge in [0.25, 0.3) is 0 Å². The van der Waals surface area contributed by atoms with Gasteiger partial charge in [0.15, 0.2) is 0 Å². The molecule has 2 aromatic carbocycles. The number of hydrogen-bond acceptors (Lipinski definition) is 1. The molecule has 0 aliphatic heterocycles. The smallest absolute Gasteiger partial charge is 0.119 e. The fourth-order valence-electron chi connectivity index (χ4n) is 4.98. The van der Waals surface area contributed by atoms with Crippen LogP contribution in [-0.4, -0.2) is 6.61 Å². The Bertz CT molecular complexity index is 829. The molecule has 1 saturated carbocycles. The minimum Gasteiger partial charge on any atom is -0.494 e. The normalized spacial score (nSPS) is 17.9. The number of hydrogen-bond donors (Lipinski definition) is 0. The minimum atomic E-state index is 0.744. The summed E-state index contributed by atoms with van der Waals surface area (Å²) in [5.41, 5.74) is 3.64. The van der Waals surface area contributed by atoms with Gasteiger partial charge in [-0.2, -0.15) is 0 Å². The van der Waals surface area contributed by atoms with Crippen LogP contribution in [0.15, 0.2) is 48.5 Å². The molecule has 0 unspecified atom stereocenters. The Morgan fingerprint density at radius 2 is 1.24 bits per heavy atom. The van der Waals surface area contributed by atoms with Crippen molar-refractivity contribution in [2.75, 3.05) is 6.61 Å². The lowest BCUT2D eigenvalue weighted by Gasteiger charge is -2.29. The molecule has 2 aromatic rings. The molecule has 1 fully saturated rings. The summed E-state index contributed by atoms with van der Waals surface area (Å²) in [6.07, 6.45) is 17.6. The van der Waals surface area contributed by atoms with Crippen LogP contribution in [0.3, 0.4) is 0 Å². The van der Waals surface area contributed by atoms with Crippen LogP contribution < -0.4 is 4.74 Å². The van der Waals surface area contributed by atoms with E-state index in [1.54, 1.807) is 0 Å². The second-order valence-electron chi connectivity index (χ2n) is 9.87. The zero-order valence-electron chi connectivity index (χ0n) is 21.1. The molecule has 0 radical (unpaired) electrons. The second kappa shape index (κ2) is 14.8. The van der Waals surface area contributed by atoms with Gasteiger partial charge >= 0.3 is 0 Å². The number of unbranched alkanes of at least 4 members (excludes halogenated alkanes) is 6. The van der Waals surface area contributed by atoms with E-state index in [1.165, 1.54) is 82.6 Å². The van der Waals surface area contributed by atoms with Crippen molar-refractivity contribution in [1.82, 2.24) is 0 Å². The van der Waals surface area contributed by atoms with E-state index in [4.69, 9.17) is 4.74 Å². The molecule has 0 atom stereocenters. The topological polar surface area (TPSA) is 9.23 Å². The molecular weight excluding hydrogens is 400 g/mol. The summed E-state index contributed by atoms with van der Waals surface area (Å²) in [5, 5.41) is 0. The van der Waals surface area contributed by atoms with Crippen LogP contribution in [0.1, 0.15) is 120 Å². The molecule has 0 amide bonds. The Balaban J connectivity index is 1.41. The summed E-state index contributed by atoms with van der Waals surface area (Å²) in [6, 6.07) is 17.2. The Labute approximate surface area is 203 Å². The van der Waals surface area contributed by atoms with E-state index in [0.29, 0.717) is 0 Å². The molecule has 0 spiro atoms. The quantitative estimate of drug-likeness (QED) is 0.234. The van der Waals surface area contributed by atoms with Gasteiger partial charge in [-0.05, 0) is 85.9 Å². The van der Waals surface area contributed by atoms with Gasteiger partial charge in [-0.3, -0.25) is 0 Å². The van der Waals surface area contributed by atoms with Gasteiger partial charge in [0.2, 0.25) is 0 Å². The molecule has 0 aromatic heterocycles. The first-order valence-corrected chi connectivity index (χ1v) is 13.6. The van der Waals surface area contributed by atoms with Crippen molar-refractivity contribution in [2.24, 2.45) is 5.92 Å². The van der Waals surface area contributed by atoms with E-state index >= 15 is 0 Å². The van der Waals surface area contributed by atoms with Crippen LogP contribution >= 0.6 is 0 Å². The predicted octanol–water partition coefficient (Wildman–Crippen LogP) is 9.29. The Kier molecular flexibility index (Phi) is 11.4. The first-order valence-electron chi connectivity index (χ1n) is 13.6. The molecule has 1 nitrogen and oxygen atoms in total. The molecule has 1 aliphatic rings. The maximum atomic E-state index is 5.79. The van der Waals surface area contributed by atoms with E-state index in [0.717, 1.165) is 41.7 Å². The predicted molar refractivity (Wildman–Crippen MR) is 142 cm³/mol. The lowest BCUT2D eigenvalue weighted by atomic mass is 9.77. The minimum absolute atomic E-state index is 0.744. The van der Waals surface area contributed by atoms with Crippen LogP contribution in [0.2, 0.25) is 0 Å². The van der Waals surface area contributed by atoms with Gasteiger partial charge in [0, 0.05) is 11.1 Å². The highest BCUT2D eigenvalue weighted by molar-refractivity contribution is 5.45. The first-order chi connectivity index (χ1) is 16.3. The van der Waals surface area contributed by atoms with Crippen LogP contribution in [0.4, 0.5) is 0 Å². The van der Waals surface area contributed by atoms with Crippen LogP contribution in [0.5, 0.6) is 5.75 Å². The van der Waals surface area contributed by atoms with Gasteiger partial charge in [-0.1, -0.05) is 89.2 Å². The highest BCUT2D eigenvalue weighted by atomic mass is 16.5. The van der Waals surface area contributed by atoms with Gasteiger partial charge in [0.05, 0.1) is 6.61 Å². The van der Waals surface area contributed by atoms with Gasteiger partial charge in [-0.25, -0.2) is 0 Å². The fourth-order valence-corrected chi connectivity index (χ4v) is 4.98. The molecule has 0 heterocycles. The summed E-state index contributed by atoms with van der Waals surface area (Å²) in [7, 11) is 0. The van der Waals surface area contributed by atoms with Crippen molar-refractivity contribution >= 4 is 0 Å². The maximum Gasteiger partial charge on any atom is 0.119 e. The third-order valence-electron chi connectivity index (χ3n) is 7.17. The second-order valence-corrected chi connectivity index (χ2v) is 9.87. The molecular formula is C32H44O. The zero-order valence-corrected chi connectivity index (χ0v) is 21.1. The molecule has 0 N–H and O–H groups in total. The molecule has 33 heavy (non-hydrogen) atoms. The lowest BCUT2D eigenvalue weighted by Crippen LogP contribution is -2.13. The van der Waals surface area contributed by atoms with E-state index in [9.17, 15) is 0 Å². The first kappa shape index (κ1) is 25.4. The maximum absolute atomic E-state index is 5.79. The molecule has 3 rings (SSSR count). The third kappa shape index (κ3) is 9.29. The van der Waals surface area contributed by atoms with Crippen molar-refractivity contribution in [3.8, 4) is 17.6 Å². The molecule has 0 bridgehead atoms. The summed E-state index contributed by atoms with van der Waals surface area (Å²) in [5.74, 6) is 9.27. The van der Waals surface area contributed by atoms with Crippen LogP contribution in [0.25, 0.3) is 0 Å². The highest BCUT2D eigenvalue weighted by Crippen LogP contribution is 2.37. The van der Waals surface area contributed by atoms with Gasteiger partial charge < -0.3 is 4.74 Å². The summed E-state index contributed by atoms with van der Waals surface area (Å²) >= 11 is 0. The number of ether oxygens (including phenoxy) is 1. The van der Waals surface area contributed by atoms with Crippen molar-refractivity contribution in [1.29, 1.82) is 0 Å². The monoisotopic (exact) mass is 444 g/mol. The van der Waals surface area contributed by atoms with E-state index in [1.807, 2.05) is 12.1 Å². The summed E-state index contributed by atoms with van der Waals surface area (Å²) in [6.45, 7) is 5.31.